The third-order valence-corrected chi connectivity index (χ3v) is 20.5. The van der Waals surface area contributed by atoms with Gasteiger partial charge in [0.1, 0.15) is 48.8 Å². The Hall–Kier alpha value is -3.09. The molecule has 0 bridgehead atoms. The van der Waals surface area contributed by atoms with Crippen molar-refractivity contribution < 1.29 is 64.6 Å². The molecular formula is C89H159NO13. The number of aliphatic hydroxyl groups excluding tert-OH is 8. The van der Waals surface area contributed by atoms with Crippen LogP contribution in [0.25, 0.3) is 0 Å². The molecule has 1 amide bonds. The molecule has 0 spiro atoms. The van der Waals surface area contributed by atoms with Crippen LogP contribution in [0.2, 0.25) is 0 Å². The van der Waals surface area contributed by atoms with Gasteiger partial charge in [-0.25, -0.2) is 0 Å². The van der Waals surface area contributed by atoms with Crippen LogP contribution >= 0.6 is 0 Å². The molecular weight excluding hydrogens is 1290 g/mol. The van der Waals surface area contributed by atoms with Crippen LogP contribution in [0.15, 0.2) is 97.2 Å². The normalized spacial score (nSPS) is 22.0. The quantitative estimate of drug-likeness (QED) is 0.0204. The first-order valence-corrected chi connectivity index (χ1v) is 43.0. The van der Waals surface area contributed by atoms with E-state index in [4.69, 9.17) is 18.9 Å². The predicted octanol–water partition coefficient (Wildman–Crippen LogP) is 20.4. The van der Waals surface area contributed by atoms with Crippen molar-refractivity contribution in [3.8, 4) is 0 Å². The van der Waals surface area contributed by atoms with Crippen LogP contribution < -0.4 is 5.32 Å². The minimum absolute atomic E-state index is 0.246. The zero-order valence-corrected chi connectivity index (χ0v) is 65.8. The van der Waals surface area contributed by atoms with Gasteiger partial charge in [0.2, 0.25) is 5.91 Å². The standard InChI is InChI=1S/C89H159NO13/c1-3-5-7-9-11-13-15-17-19-21-23-25-27-29-31-33-35-37-38-39-40-41-43-45-47-49-51-53-55-57-59-61-63-65-67-69-71-73-81(94)90-77(76-100-88-86(99)84(97)87(80(75-92)102-88)103-89-85(98)83(96)82(95)79(74-91)101-89)78(93)72-70-68-66-64-62-60-58-56-54-52-50-48-46-44-42-36-34-32-30-28-26-24-22-20-18-16-14-12-10-8-6-4-2/h5,7,11,13,17,19,23,25,29,31,35,37,62,64,70,72,77-80,82-89,91-93,95-99H,3-4,6,8-10,12,14-16,18,20-22,24,26-28,30,32-34,36,38-61,63,65-69,71,73-76H2,1-2H3,(H,90,94)/b7-5-,13-11-,19-17-,25-23-,31-29-,37-35-,64-62+,72-70+. The number of hydrogen-bond donors (Lipinski definition) is 9. The van der Waals surface area contributed by atoms with Gasteiger partial charge >= 0.3 is 0 Å². The van der Waals surface area contributed by atoms with Crippen molar-refractivity contribution in [2.45, 2.75) is 441 Å². The molecule has 12 unspecified atom stereocenters. The van der Waals surface area contributed by atoms with E-state index in [1.807, 2.05) is 6.08 Å². The lowest BCUT2D eigenvalue weighted by molar-refractivity contribution is -0.359. The summed E-state index contributed by atoms with van der Waals surface area (Å²) in [5.41, 5.74) is 0. The summed E-state index contributed by atoms with van der Waals surface area (Å²) in [6.45, 7) is 2.72. The molecule has 103 heavy (non-hydrogen) atoms. The zero-order chi connectivity index (χ0) is 74.4. The van der Waals surface area contributed by atoms with E-state index in [2.05, 4.69) is 104 Å². The Morgan fingerprint density at radius 2 is 0.680 bits per heavy atom. The Bertz CT molecular complexity index is 2110. The van der Waals surface area contributed by atoms with Gasteiger partial charge in [0.05, 0.1) is 32.0 Å². The monoisotopic (exact) mass is 1450 g/mol. The maximum absolute atomic E-state index is 13.4. The number of ether oxygens (including phenoxy) is 4. The number of aliphatic hydroxyl groups is 8. The number of unbranched alkanes of at least 4 members (excludes halogenated alkanes) is 45. The van der Waals surface area contributed by atoms with E-state index in [1.165, 1.54) is 263 Å². The van der Waals surface area contributed by atoms with Gasteiger partial charge in [-0.2, -0.15) is 0 Å². The summed E-state index contributed by atoms with van der Waals surface area (Å²) in [4.78, 5) is 13.4. The Labute approximate surface area is 630 Å². The van der Waals surface area contributed by atoms with Crippen molar-refractivity contribution in [2.75, 3.05) is 19.8 Å². The summed E-state index contributed by atoms with van der Waals surface area (Å²) < 4.78 is 22.9. The summed E-state index contributed by atoms with van der Waals surface area (Å²) in [7, 11) is 0. The number of allylic oxidation sites excluding steroid dienone is 15. The van der Waals surface area contributed by atoms with Gasteiger partial charge in [-0.15, -0.1) is 0 Å². The maximum atomic E-state index is 13.4. The fourth-order valence-electron chi connectivity index (χ4n) is 13.8. The second kappa shape index (κ2) is 71.8. The zero-order valence-electron chi connectivity index (χ0n) is 65.8. The van der Waals surface area contributed by atoms with Crippen molar-refractivity contribution in [2.24, 2.45) is 0 Å². The van der Waals surface area contributed by atoms with Crippen molar-refractivity contribution in [3.63, 3.8) is 0 Å². The summed E-state index contributed by atoms with van der Waals surface area (Å²) in [6, 6.07) is -0.938. The Morgan fingerprint density at radius 1 is 0.359 bits per heavy atom. The van der Waals surface area contributed by atoms with Gasteiger partial charge in [-0.1, -0.05) is 374 Å². The highest BCUT2D eigenvalue weighted by Gasteiger charge is 2.51. The molecule has 598 valence electrons. The highest BCUT2D eigenvalue weighted by Crippen LogP contribution is 2.30. The van der Waals surface area contributed by atoms with E-state index in [0.29, 0.717) is 12.8 Å². The average molecular weight is 1450 g/mol. The molecule has 2 saturated heterocycles. The van der Waals surface area contributed by atoms with E-state index < -0.39 is 86.8 Å². The number of hydrogen-bond acceptors (Lipinski definition) is 13. The van der Waals surface area contributed by atoms with Crippen LogP contribution in [0.3, 0.4) is 0 Å². The lowest BCUT2D eigenvalue weighted by Gasteiger charge is -2.46. The summed E-state index contributed by atoms with van der Waals surface area (Å²) in [5.74, 6) is -0.246. The average Bonchev–Trinajstić information content (AvgIpc) is 0.791. The lowest BCUT2D eigenvalue weighted by atomic mass is 9.97. The highest BCUT2D eigenvalue weighted by molar-refractivity contribution is 5.76. The molecule has 0 aromatic heterocycles. The SMILES string of the molecule is CC/C=C\C/C=C\C/C=C\C/C=C\C/C=C\C/C=C\CCCCCCCCCCCCCCCCCCCCC(=O)NC(COC1OC(CO)C(OC2OC(CO)C(O)C(O)C2O)C(O)C1O)C(O)/C=C/CC/C=C/CCCCCCCCCCCCCCCCCCCCCCCCCCCC. The first kappa shape index (κ1) is 96.0. The van der Waals surface area contributed by atoms with Gasteiger partial charge < -0.3 is 65.1 Å². The number of rotatable bonds is 72. The van der Waals surface area contributed by atoms with E-state index in [0.717, 1.165) is 70.6 Å². The van der Waals surface area contributed by atoms with Gasteiger partial charge in [0.25, 0.3) is 0 Å². The van der Waals surface area contributed by atoms with Crippen molar-refractivity contribution in [3.05, 3.63) is 97.2 Å². The van der Waals surface area contributed by atoms with E-state index >= 15 is 0 Å². The van der Waals surface area contributed by atoms with Crippen molar-refractivity contribution >= 4 is 5.91 Å². The van der Waals surface area contributed by atoms with Crippen LogP contribution in [0, 0.1) is 0 Å². The van der Waals surface area contributed by atoms with E-state index in [-0.39, 0.29) is 18.9 Å². The molecule has 0 saturated carbocycles. The number of amides is 1. The summed E-state index contributed by atoms with van der Waals surface area (Å²) >= 11 is 0. The molecule has 2 aliphatic rings. The smallest absolute Gasteiger partial charge is 0.220 e. The molecule has 0 aliphatic carbocycles. The fraction of sp³-hybridized carbons (Fsp3) is 0.809. The highest BCUT2D eigenvalue weighted by atomic mass is 16.7. The molecule has 2 rings (SSSR count). The minimum Gasteiger partial charge on any atom is -0.394 e. The second-order valence-corrected chi connectivity index (χ2v) is 29.9. The van der Waals surface area contributed by atoms with E-state index in [1.54, 1.807) is 6.08 Å². The van der Waals surface area contributed by atoms with E-state index in [9.17, 15) is 45.6 Å². The number of carbonyl (C=O) groups is 1. The molecule has 0 aromatic carbocycles. The molecule has 2 aliphatic heterocycles. The van der Waals surface area contributed by atoms with Crippen molar-refractivity contribution in [1.82, 2.24) is 5.32 Å². The molecule has 2 heterocycles. The third kappa shape index (κ3) is 54.2. The second-order valence-electron chi connectivity index (χ2n) is 29.9. The van der Waals surface area contributed by atoms with Gasteiger partial charge in [-0.3, -0.25) is 4.79 Å². The molecule has 12 atom stereocenters. The maximum Gasteiger partial charge on any atom is 0.220 e. The fourth-order valence-corrected chi connectivity index (χ4v) is 13.8. The molecule has 0 radical (unpaired) electrons. The van der Waals surface area contributed by atoms with Crippen LogP contribution in [-0.2, 0) is 23.7 Å². The first-order valence-electron chi connectivity index (χ1n) is 43.0. The lowest BCUT2D eigenvalue weighted by Crippen LogP contribution is -2.65. The molecule has 0 aromatic rings. The molecule has 9 N–H and O–H groups in total. The topological polar surface area (TPSA) is 228 Å². The molecule has 2 fully saturated rings. The number of nitrogens with one attached hydrogen (secondary N) is 1. The molecule has 14 heteroatoms. The Balaban J connectivity index is 1.60. The van der Waals surface area contributed by atoms with Gasteiger partial charge in [-0.05, 0) is 83.5 Å². The minimum atomic E-state index is -1.80. The van der Waals surface area contributed by atoms with Gasteiger partial charge in [0, 0.05) is 6.42 Å². The largest absolute Gasteiger partial charge is 0.394 e. The first-order chi connectivity index (χ1) is 50.6. The van der Waals surface area contributed by atoms with Crippen LogP contribution in [0.1, 0.15) is 367 Å². The third-order valence-electron chi connectivity index (χ3n) is 20.5. The van der Waals surface area contributed by atoms with Crippen molar-refractivity contribution in [1.29, 1.82) is 0 Å². The summed E-state index contributed by atoms with van der Waals surface area (Å²) in [5, 5.41) is 87.8. The summed E-state index contributed by atoms with van der Waals surface area (Å²) in [6.07, 6.45) is 86.5. The van der Waals surface area contributed by atoms with Crippen LogP contribution in [0.5, 0.6) is 0 Å². The Morgan fingerprint density at radius 3 is 1.07 bits per heavy atom. The predicted molar refractivity (Wildman–Crippen MR) is 429 cm³/mol. The van der Waals surface area contributed by atoms with Crippen LogP contribution in [0.4, 0.5) is 0 Å². The number of carbonyl (C=O) groups excluding carboxylic acids is 1. The van der Waals surface area contributed by atoms with Crippen LogP contribution in [-0.4, -0.2) is 140 Å². The Kier molecular flexibility index (Phi) is 66.9. The van der Waals surface area contributed by atoms with Gasteiger partial charge in [0.15, 0.2) is 12.6 Å². The molecule has 14 nitrogen and oxygen atoms in total.